The molecule has 0 unspecified atom stereocenters. The highest BCUT2D eigenvalue weighted by molar-refractivity contribution is 5.73. The third-order valence-corrected chi connectivity index (χ3v) is 1.57. The molecule has 1 heterocycles. The molecule has 2 N–H and O–H groups in total. The van der Waals surface area contributed by atoms with E-state index in [1.165, 1.54) is 0 Å². The predicted octanol–water partition coefficient (Wildman–Crippen LogP) is 0.457. The molecule has 66 valence electrons. The first-order valence-electron chi connectivity index (χ1n) is 3.96. The average molecular weight is 167 g/mol. The van der Waals surface area contributed by atoms with E-state index in [0.29, 0.717) is 6.42 Å². The summed E-state index contributed by atoms with van der Waals surface area (Å²) in [5, 5.41) is 4.08. The van der Waals surface area contributed by atoms with Crippen molar-refractivity contribution in [3.8, 4) is 0 Å². The number of nitrogens with zero attached hydrogens (tertiary/aromatic N) is 2. The van der Waals surface area contributed by atoms with Crippen molar-refractivity contribution < 1.29 is 4.79 Å². The third kappa shape index (κ3) is 2.74. The number of hydrogen-bond donors (Lipinski definition) is 1. The van der Waals surface area contributed by atoms with Gasteiger partial charge in [-0.25, -0.2) is 0 Å². The minimum Gasteiger partial charge on any atom is -0.370 e. The molecular formula is C8H13N3O. The van der Waals surface area contributed by atoms with E-state index >= 15 is 0 Å². The Balaban J connectivity index is 2.29. The molecule has 4 nitrogen and oxygen atoms in total. The van der Waals surface area contributed by atoms with Crippen LogP contribution in [0.5, 0.6) is 0 Å². The molecule has 0 aromatic carbocycles. The molecule has 0 aliphatic heterocycles. The van der Waals surface area contributed by atoms with E-state index in [0.717, 1.165) is 18.5 Å². The molecule has 1 aromatic heterocycles. The minimum absolute atomic E-state index is 0.251. The van der Waals surface area contributed by atoms with E-state index in [4.69, 9.17) is 5.73 Å². The quantitative estimate of drug-likeness (QED) is 0.708. The maximum atomic E-state index is 10.4. The van der Waals surface area contributed by atoms with E-state index in [1.54, 1.807) is 6.20 Å². The van der Waals surface area contributed by atoms with Gasteiger partial charge in [0.25, 0.3) is 0 Å². The van der Waals surface area contributed by atoms with E-state index in [-0.39, 0.29) is 5.91 Å². The Bertz CT molecular complexity index is 267. The van der Waals surface area contributed by atoms with Gasteiger partial charge in [0.05, 0.1) is 6.20 Å². The number of carbonyl (C=O) groups is 1. The number of rotatable bonds is 4. The maximum Gasteiger partial charge on any atom is 0.217 e. The van der Waals surface area contributed by atoms with E-state index in [2.05, 4.69) is 5.10 Å². The fourth-order valence-electron chi connectivity index (χ4n) is 1.00. The Hall–Kier alpha value is -1.32. The fourth-order valence-corrected chi connectivity index (χ4v) is 1.00. The zero-order chi connectivity index (χ0) is 8.97. The summed E-state index contributed by atoms with van der Waals surface area (Å²) in [4.78, 5) is 10.4. The second-order valence-electron chi connectivity index (χ2n) is 2.85. The van der Waals surface area contributed by atoms with Gasteiger partial charge in [0.1, 0.15) is 0 Å². The number of amides is 1. The van der Waals surface area contributed by atoms with Crippen LogP contribution >= 0.6 is 0 Å². The Morgan fingerprint density at radius 3 is 3.00 bits per heavy atom. The van der Waals surface area contributed by atoms with Gasteiger partial charge in [0.15, 0.2) is 0 Å². The Kier molecular flexibility index (Phi) is 2.85. The van der Waals surface area contributed by atoms with E-state index in [9.17, 15) is 4.79 Å². The number of aryl methyl sites for hydroxylation is 2. The van der Waals surface area contributed by atoms with Gasteiger partial charge < -0.3 is 5.73 Å². The molecule has 1 rings (SSSR count). The number of aromatic nitrogens is 2. The van der Waals surface area contributed by atoms with Crippen LogP contribution in [0.3, 0.4) is 0 Å². The summed E-state index contributed by atoms with van der Waals surface area (Å²) >= 11 is 0. The van der Waals surface area contributed by atoms with Crippen molar-refractivity contribution in [2.45, 2.75) is 26.3 Å². The molecule has 0 saturated carbocycles. The van der Waals surface area contributed by atoms with Crippen LogP contribution in [-0.2, 0) is 11.3 Å². The number of nitrogens with two attached hydrogens (primary N) is 1. The van der Waals surface area contributed by atoms with Crippen molar-refractivity contribution in [3.63, 3.8) is 0 Å². The topological polar surface area (TPSA) is 60.9 Å². The summed E-state index contributed by atoms with van der Waals surface area (Å²) in [5.74, 6) is -0.251. The maximum absolute atomic E-state index is 10.4. The third-order valence-electron chi connectivity index (χ3n) is 1.57. The minimum atomic E-state index is -0.251. The standard InChI is InChI=1S/C8H13N3O/c1-7-5-10-11(6-7)4-2-3-8(9)12/h5-6H,2-4H2,1H3,(H2,9,12). The first kappa shape index (κ1) is 8.77. The van der Waals surface area contributed by atoms with Crippen molar-refractivity contribution >= 4 is 5.91 Å². The smallest absolute Gasteiger partial charge is 0.217 e. The number of carbonyl (C=O) groups excluding carboxylic acids is 1. The zero-order valence-corrected chi connectivity index (χ0v) is 7.16. The molecule has 4 heteroatoms. The fraction of sp³-hybridized carbons (Fsp3) is 0.500. The predicted molar refractivity (Wildman–Crippen MR) is 45.4 cm³/mol. The van der Waals surface area contributed by atoms with Crippen LogP contribution in [0.25, 0.3) is 0 Å². The van der Waals surface area contributed by atoms with Crippen LogP contribution in [0.2, 0.25) is 0 Å². The largest absolute Gasteiger partial charge is 0.370 e. The lowest BCUT2D eigenvalue weighted by atomic mass is 10.3. The summed E-state index contributed by atoms with van der Waals surface area (Å²) in [6.45, 7) is 2.74. The zero-order valence-electron chi connectivity index (χ0n) is 7.16. The molecule has 0 aliphatic rings. The van der Waals surface area contributed by atoms with Gasteiger partial charge in [-0.1, -0.05) is 0 Å². The molecule has 1 aromatic rings. The van der Waals surface area contributed by atoms with Gasteiger partial charge in [-0.2, -0.15) is 5.10 Å². The van der Waals surface area contributed by atoms with Crippen LogP contribution in [0.1, 0.15) is 18.4 Å². The van der Waals surface area contributed by atoms with Gasteiger partial charge >= 0.3 is 0 Å². The van der Waals surface area contributed by atoms with Crippen LogP contribution in [-0.4, -0.2) is 15.7 Å². The first-order chi connectivity index (χ1) is 5.68. The summed E-state index contributed by atoms with van der Waals surface area (Å²) in [6.07, 6.45) is 4.93. The highest BCUT2D eigenvalue weighted by atomic mass is 16.1. The monoisotopic (exact) mass is 167 g/mol. The molecule has 0 radical (unpaired) electrons. The number of hydrogen-bond acceptors (Lipinski definition) is 2. The lowest BCUT2D eigenvalue weighted by Gasteiger charge is -1.97. The van der Waals surface area contributed by atoms with Crippen LogP contribution in [0.15, 0.2) is 12.4 Å². The van der Waals surface area contributed by atoms with E-state index < -0.39 is 0 Å². The highest BCUT2D eigenvalue weighted by Crippen LogP contribution is 1.97. The second kappa shape index (κ2) is 3.90. The van der Waals surface area contributed by atoms with Gasteiger partial charge in [-0.3, -0.25) is 9.48 Å². The van der Waals surface area contributed by atoms with Crippen molar-refractivity contribution in [1.29, 1.82) is 0 Å². The van der Waals surface area contributed by atoms with Gasteiger partial charge in [-0.05, 0) is 18.9 Å². The molecule has 0 bridgehead atoms. The molecule has 0 aliphatic carbocycles. The summed E-state index contributed by atoms with van der Waals surface area (Å²) in [6, 6.07) is 0. The Labute approximate surface area is 71.4 Å². The molecule has 0 saturated heterocycles. The molecule has 0 fully saturated rings. The van der Waals surface area contributed by atoms with Gasteiger partial charge in [0, 0.05) is 19.2 Å². The highest BCUT2D eigenvalue weighted by Gasteiger charge is 1.96. The van der Waals surface area contributed by atoms with Crippen LogP contribution in [0.4, 0.5) is 0 Å². The molecule has 0 spiro atoms. The normalized spacial score (nSPS) is 10.1. The summed E-state index contributed by atoms with van der Waals surface area (Å²) in [7, 11) is 0. The number of primary amides is 1. The molecule has 1 amide bonds. The molecule has 0 atom stereocenters. The average Bonchev–Trinajstić information content (AvgIpc) is 2.35. The molecule has 12 heavy (non-hydrogen) atoms. The van der Waals surface area contributed by atoms with Crippen molar-refractivity contribution in [1.82, 2.24) is 9.78 Å². The van der Waals surface area contributed by atoms with Crippen molar-refractivity contribution in [3.05, 3.63) is 18.0 Å². The molecular weight excluding hydrogens is 154 g/mol. The first-order valence-corrected chi connectivity index (χ1v) is 3.96. The lowest BCUT2D eigenvalue weighted by Crippen LogP contribution is -2.11. The second-order valence-corrected chi connectivity index (χ2v) is 2.85. The van der Waals surface area contributed by atoms with Crippen LogP contribution in [0, 0.1) is 6.92 Å². The van der Waals surface area contributed by atoms with E-state index in [1.807, 2.05) is 17.8 Å². The van der Waals surface area contributed by atoms with Crippen molar-refractivity contribution in [2.24, 2.45) is 5.73 Å². The summed E-state index contributed by atoms with van der Waals surface area (Å²) in [5.41, 5.74) is 6.13. The van der Waals surface area contributed by atoms with Gasteiger partial charge in [0.2, 0.25) is 5.91 Å². The van der Waals surface area contributed by atoms with Crippen molar-refractivity contribution in [2.75, 3.05) is 0 Å². The van der Waals surface area contributed by atoms with Crippen LogP contribution < -0.4 is 5.73 Å². The lowest BCUT2D eigenvalue weighted by molar-refractivity contribution is -0.118. The SMILES string of the molecule is Cc1cnn(CCCC(N)=O)c1. The summed E-state index contributed by atoms with van der Waals surface area (Å²) < 4.78 is 1.82. The van der Waals surface area contributed by atoms with Gasteiger partial charge in [-0.15, -0.1) is 0 Å². The Morgan fingerprint density at radius 2 is 2.50 bits per heavy atom. The Morgan fingerprint density at radius 1 is 1.75 bits per heavy atom.